The molecule has 0 aromatic heterocycles. The number of nitrogens with zero attached hydrogens (tertiary/aromatic N) is 1. The van der Waals surface area contributed by atoms with Crippen molar-refractivity contribution in [3.8, 4) is 0 Å². The molecule has 1 aromatic carbocycles. The van der Waals surface area contributed by atoms with E-state index in [4.69, 9.17) is 11.6 Å². The normalized spacial score (nSPS) is 14.1. The van der Waals surface area contributed by atoms with Gasteiger partial charge >= 0.3 is 0 Å². The van der Waals surface area contributed by atoms with E-state index in [1.807, 2.05) is 0 Å². The minimum absolute atomic E-state index is 0.00548. The van der Waals surface area contributed by atoms with E-state index in [1.165, 1.54) is 4.90 Å². The molecule has 0 saturated heterocycles. The highest BCUT2D eigenvalue weighted by atomic mass is 35.5. The van der Waals surface area contributed by atoms with Crippen LogP contribution in [-0.4, -0.2) is 25.9 Å². The predicted octanol–water partition coefficient (Wildman–Crippen LogP) is 1.30. The number of carbonyl (C=O) groups is 2. The maximum Gasteiger partial charge on any atom is 0.244 e. The van der Waals surface area contributed by atoms with Gasteiger partial charge in [0.25, 0.3) is 0 Å². The SMILES string of the molecule is CNc1ccc(Cl)c2c1N(C=O)CC(=O)N2. The summed E-state index contributed by atoms with van der Waals surface area (Å²) in [5.74, 6) is -0.255. The maximum atomic E-state index is 11.4. The molecule has 0 spiro atoms. The molecule has 2 N–H and O–H groups in total. The smallest absolute Gasteiger partial charge is 0.244 e. The number of fused-ring (bicyclic) bond motifs is 1. The standard InChI is InChI=1S/C10H10ClN3O2/c1-12-7-3-2-6(11)9-10(7)14(5-15)4-8(16)13-9/h2-3,5,12H,4H2,1H3,(H,13,16). The fourth-order valence-electron chi connectivity index (χ4n) is 1.69. The van der Waals surface area contributed by atoms with Gasteiger partial charge in [-0.2, -0.15) is 0 Å². The molecule has 1 aliphatic heterocycles. The van der Waals surface area contributed by atoms with Crippen molar-refractivity contribution in [1.82, 2.24) is 0 Å². The summed E-state index contributed by atoms with van der Waals surface area (Å²) < 4.78 is 0. The summed E-state index contributed by atoms with van der Waals surface area (Å²) in [4.78, 5) is 23.6. The summed E-state index contributed by atoms with van der Waals surface area (Å²) >= 11 is 5.97. The van der Waals surface area contributed by atoms with Crippen LogP contribution in [0.5, 0.6) is 0 Å². The van der Waals surface area contributed by atoms with Gasteiger partial charge in [-0.05, 0) is 12.1 Å². The lowest BCUT2D eigenvalue weighted by molar-refractivity contribution is -0.117. The average molecular weight is 240 g/mol. The van der Waals surface area contributed by atoms with Crippen LogP contribution in [0.1, 0.15) is 0 Å². The van der Waals surface area contributed by atoms with Crippen molar-refractivity contribution in [1.29, 1.82) is 0 Å². The molecule has 5 nitrogen and oxygen atoms in total. The summed E-state index contributed by atoms with van der Waals surface area (Å²) in [7, 11) is 1.74. The van der Waals surface area contributed by atoms with Gasteiger partial charge in [-0.1, -0.05) is 11.6 Å². The predicted molar refractivity (Wildman–Crippen MR) is 63.0 cm³/mol. The number of amides is 2. The number of halogens is 1. The van der Waals surface area contributed by atoms with Gasteiger partial charge in [-0.3, -0.25) is 9.59 Å². The zero-order valence-electron chi connectivity index (χ0n) is 8.58. The number of rotatable bonds is 2. The van der Waals surface area contributed by atoms with E-state index in [9.17, 15) is 9.59 Å². The zero-order chi connectivity index (χ0) is 11.7. The van der Waals surface area contributed by atoms with Crippen molar-refractivity contribution in [2.75, 3.05) is 29.1 Å². The van der Waals surface area contributed by atoms with Crippen LogP contribution in [0.25, 0.3) is 0 Å². The Morgan fingerprint density at radius 1 is 1.56 bits per heavy atom. The Kier molecular flexibility index (Phi) is 2.70. The molecule has 2 rings (SSSR count). The fraction of sp³-hybridized carbons (Fsp3) is 0.200. The van der Waals surface area contributed by atoms with E-state index in [2.05, 4.69) is 10.6 Å². The quantitative estimate of drug-likeness (QED) is 0.765. The van der Waals surface area contributed by atoms with E-state index in [0.717, 1.165) is 5.69 Å². The van der Waals surface area contributed by atoms with Gasteiger partial charge in [-0.25, -0.2) is 0 Å². The van der Waals surface area contributed by atoms with Crippen LogP contribution in [0, 0.1) is 0 Å². The summed E-state index contributed by atoms with van der Waals surface area (Å²) in [5.41, 5.74) is 1.81. The molecule has 0 radical (unpaired) electrons. The summed E-state index contributed by atoms with van der Waals surface area (Å²) in [6.45, 7) is 0.00548. The first-order valence-electron chi connectivity index (χ1n) is 4.69. The molecule has 16 heavy (non-hydrogen) atoms. The van der Waals surface area contributed by atoms with Crippen LogP contribution in [-0.2, 0) is 9.59 Å². The second-order valence-electron chi connectivity index (χ2n) is 3.35. The van der Waals surface area contributed by atoms with Gasteiger partial charge < -0.3 is 15.5 Å². The molecule has 0 saturated carbocycles. The van der Waals surface area contributed by atoms with Gasteiger partial charge in [-0.15, -0.1) is 0 Å². The fourth-order valence-corrected chi connectivity index (χ4v) is 1.89. The van der Waals surface area contributed by atoms with Crippen molar-refractivity contribution in [3.63, 3.8) is 0 Å². The van der Waals surface area contributed by atoms with E-state index < -0.39 is 0 Å². The molecule has 0 unspecified atom stereocenters. The topological polar surface area (TPSA) is 61.4 Å². The van der Waals surface area contributed by atoms with Crippen LogP contribution in [0.2, 0.25) is 5.02 Å². The first-order valence-corrected chi connectivity index (χ1v) is 5.07. The molecular weight excluding hydrogens is 230 g/mol. The summed E-state index contributed by atoms with van der Waals surface area (Å²) in [6.07, 6.45) is 0.620. The highest BCUT2D eigenvalue weighted by molar-refractivity contribution is 6.35. The maximum absolute atomic E-state index is 11.4. The third-order valence-electron chi connectivity index (χ3n) is 2.39. The Balaban J connectivity index is 2.64. The summed E-state index contributed by atoms with van der Waals surface area (Å²) in [6, 6.07) is 3.43. The molecule has 2 amide bonds. The van der Waals surface area contributed by atoms with E-state index in [0.29, 0.717) is 22.8 Å². The molecule has 84 valence electrons. The van der Waals surface area contributed by atoms with Gasteiger partial charge in [0.05, 0.1) is 22.1 Å². The van der Waals surface area contributed by atoms with Crippen molar-refractivity contribution in [2.24, 2.45) is 0 Å². The van der Waals surface area contributed by atoms with Crippen molar-refractivity contribution < 1.29 is 9.59 Å². The Hall–Kier alpha value is -1.75. The Morgan fingerprint density at radius 2 is 2.31 bits per heavy atom. The molecule has 1 heterocycles. The highest BCUT2D eigenvalue weighted by Crippen LogP contribution is 2.40. The molecule has 0 aliphatic carbocycles. The number of hydrogen-bond acceptors (Lipinski definition) is 3. The second-order valence-corrected chi connectivity index (χ2v) is 3.76. The lowest BCUT2D eigenvalue weighted by Crippen LogP contribution is -2.37. The number of anilines is 3. The van der Waals surface area contributed by atoms with Crippen LogP contribution < -0.4 is 15.5 Å². The summed E-state index contributed by atoms with van der Waals surface area (Å²) in [5, 5.41) is 6.02. The third-order valence-corrected chi connectivity index (χ3v) is 2.70. The van der Waals surface area contributed by atoms with E-state index in [-0.39, 0.29) is 12.5 Å². The second kappa shape index (κ2) is 4.02. The highest BCUT2D eigenvalue weighted by Gasteiger charge is 2.26. The molecule has 0 bridgehead atoms. The molecular formula is C10H10ClN3O2. The number of hydrogen-bond donors (Lipinski definition) is 2. The van der Waals surface area contributed by atoms with E-state index in [1.54, 1.807) is 19.2 Å². The van der Waals surface area contributed by atoms with Crippen LogP contribution in [0.4, 0.5) is 17.1 Å². The van der Waals surface area contributed by atoms with Gasteiger partial charge in [0.2, 0.25) is 12.3 Å². The van der Waals surface area contributed by atoms with Crippen molar-refractivity contribution in [3.05, 3.63) is 17.2 Å². The van der Waals surface area contributed by atoms with Crippen LogP contribution in [0.15, 0.2) is 12.1 Å². The van der Waals surface area contributed by atoms with Gasteiger partial charge in [0.15, 0.2) is 0 Å². The lowest BCUT2D eigenvalue weighted by Gasteiger charge is -2.28. The number of carbonyl (C=O) groups excluding carboxylic acids is 2. The average Bonchev–Trinajstić information content (AvgIpc) is 2.29. The Labute approximate surface area is 97.4 Å². The molecule has 6 heteroatoms. The largest absolute Gasteiger partial charge is 0.386 e. The van der Waals surface area contributed by atoms with Crippen molar-refractivity contribution >= 4 is 41.0 Å². The van der Waals surface area contributed by atoms with Gasteiger partial charge in [0.1, 0.15) is 6.54 Å². The molecule has 1 aromatic rings. The Morgan fingerprint density at radius 3 is 2.94 bits per heavy atom. The van der Waals surface area contributed by atoms with Crippen molar-refractivity contribution in [2.45, 2.75) is 0 Å². The third kappa shape index (κ3) is 1.59. The molecule has 1 aliphatic rings. The number of nitrogens with one attached hydrogen (secondary N) is 2. The van der Waals surface area contributed by atoms with Crippen LogP contribution >= 0.6 is 11.6 Å². The van der Waals surface area contributed by atoms with Gasteiger partial charge in [0, 0.05) is 7.05 Å². The number of benzene rings is 1. The molecule has 0 atom stereocenters. The minimum Gasteiger partial charge on any atom is -0.386 e. The van der Waals surface area contributed by atoms with Crippen LogP contribution in [0.3, 0.4) is 0 Å². The monoisotopic (exact) mass is 239 g/mol. The van der Waals surface area contributed by atoms with E-state index >= 15 is 0 Å². The first kappa shape index (κ1) is 10.8. The Bertz CT molecular complexity index is 462. The zero-order valence-corrected chi connectivity index (χ0v) is 9.34. The lowest BCUT2D eigenvalue weighted by atomic mass is 10.1. The first-order chi connectivity index (χ1) is 7.67. The minimum atomic E-state index is -0.255. The molecule has 0 fully saturated rings.